The zero-order valence-corrected chi connectivity index (χ0v) is 13.3. The van der Waals surface area contributed by atoms with Crippen LogP contribution in [0.15, 0.2) is 0 Å². The molecule has 1 aliphatic heterocycles. The molecular weight excluding hydrogens is 248 g/mol. The van der Waals surface area contributed by atoms with Crippen molar-refractivity contribution < 1.29 is 0 Å². The van der Waals surface area contributed by atoms with Crippen molar-refractivity contribution in [2.45, 2.75) is 53.5 Å². The molecule has 0 aliphatic carbocycles. The number of hydrogen-bond donors (Lipinski definition) is 1. The number of rotatable bonds is 4. The molecule has 0 bridgehead atoms. The molecule has 1 aliphatic rings. The number of anilines is 1. The van der Waals surface area contributed by atoms with E-state index in [9.17, 15) is 0 Å². The number of hydrogen-bond acceptors (Lipinski definition) is 4. The molecule has 1 fully saturated rings. The third-order valence-electron chi connectivity index (χ3n) is 4.77. The average Bonchev–Trinajstić information content (AvgIpc) is 2.48. The summed E-state index contributed by atoms with van der Waals surface area (Å²) in [6.45, 7) is 11.7. The standard InChI is InChI=1S/C16H28N4/c1-5-13-14(9-17)16(19-18-15(13)6-2)20-8-7-11(3)12(4)10-20/h11-12H,5-10,17H2,1-4H3. The first kappa shape index (κ1) is 15.2. The van der Waals surface area contributed by atoms with Gasteiger partial charge in [-0.25, -0.2) is 0 Å². The fourth-order valence-corrected chi connectivity index (χ4v) is 3.16. The zero-order valence-electron chi connectivity index (χ0n) is 13.3. The Hall–Kier alpha value is -1.16. The Morgan fingerprint density at radius 2 is 1.85 bits per heavy atom. The van der Waals surface area contributed by atoms with Gasteiger partial charge in [0.1, 0.15) is 0 Å². The predicted molar refractivity (Wildman–Crippen MR) is 83.8 cm³/mol. The minimum absolute atomic E-state index is 0.557. The van der Waals surface area contributed by atoms with Crippen molar-refractivity contribution in [1.82, 2.24) is 10.2 Å². The molecule has 4 nitrogen and oxygen atoms in total. The van der Waals surface area contributed by atoms with Crippen molar-refractivity contribution in [3.05, 3.63) is 16.8 Å². The van der Waals surface area contributed by atoms with Crippen molar-refractivity contribution in [3.63, 3.8) is 0 Å². The molecule has 1 saturated heterocycles. The van der Waals surface area contributed by atoms with Crippen LogP contribution in [0.1, 0.15) is 50.9 Å². The van der Waals surface area contributed by atoms with Crippen LogP contribution in [0.2, 0.25) is 0 Å². The molecule has 20 heavy (non-hydrogen) atoms. The second-order valence-electron chi connectivity index (χ2n) is 6.03. The molecule has 0 radical (unpaired) electrons. The maximum atomic E-state index is 6.02. The van der Waals surface area contributed by atoms with E-state index < -0.39 is 0 Å². The van der Waals surface area contributed by atoms with Crippen molar-refractivity contribution in [2.75, 3.05) is 18.0 Å². The molecule has 1 aromatic heterocycles. The first-order valence-electron chi connectivity index (χ1n) is 7.94. The summed E-state index contributed by atoms with van der Waals surface area (Å²) in [6.07, 6.45) is 3.14. The number of aromatic nitrogens is 2. The van der Waals surface area contributed by atoms with Gasteiger partial charge in [-0.2, -0.15) is 5.10 Å². The molecule has 2 rings (SSSR count). The summed E-state index contributed by atoms with van der Waals surface area (Å²) in [4.78, 5) is 2.39. The summed E-state index contributed by atoms with van der Waals surface area (Å²) >= 11 is 0. The number of nitrogens with two attached hydrogens (primary N) is 1. The van der Waals surface area contributed by atoms with Crippen LogP contribution < -0.4 is 10.6 Å². The van der Waals surface area contributed by atoms with Gasteiger partial charge in [0, 0.05) is 25.2 Å². The third-order valence-corrected chi connectivity index (χ3v) is 4.77. The molecule has 0 aromatic carbocycles. The Morgan fingerprint density at radius 1 is 1.10 bits per heavy atom. The van der Waals surface area contributed by atoms with E-state index in [-0.39, 0.29) is 0 Å². The van der Waals surface area contributed by atoms with Crippen LogP contribution in [0.3, 0.4) is 0 Å². The van der Waals surface area contributed by atoms with Gasteiger partial charge in [-0.05, 0) is 36.7 Å². The molecule has 1 aromatic rings. The number of nitrogens with zero attached hydrogens (tertiary/aromatic N) is 3. The number of aryl methyl sites for hydroxylation is 1. The van der Waals surface area contributed by atoms with Gasteiger partial charge in [0.2, 0.25) is 0 Å². The summed E-state index contributed by atoms with van der Waals surface area (Å²) in [5.74, 6) is 2.52. The predicted octanol–water partition coefficient (Wildman–Crippen LogP) is 2.54. The van der Waals surface area contributed by atoms with Crippen LogP contribution in [0.5, 0.6) is 0 Å². The molecule has 112 valence electrons. The molecule has 0 spiro atoms. The van der Waals surface area contributed by atoms with Crippen LogP contribution in [-0.2, 0) is 19.4 Å². The van der Waals surface area contributed by atoms with Crippen LogP contribution in [-0.4, -0.2) is 23.3 Å². The van der Waals surface area contributed by atoms with E-state index in [1.807, 2.05) is 0 Å². The molecule has 0 amide bonds. The van der Waals surface area contributed by atoms with Crippen LogP contribution in [0, 0.1) is 11.8 Å². The Kier molecular flexibility index (Phi) is 4.97. The highest BCUT2D eigenvalue weighted by Crippen LogP contribution is 2.29. The fourth-order valence-electron chi connectivity index (χ4n) is 3.16. The van der Waals surface area contributed by atoms with Gasteiger partial charge in [0.25, 0.3) is 0 Å². The van der Waals surface area contributed by atoms with Crippen LogP contribution in [0.25, 0.3) is 0 Å². The van der Waals surface area contributed by atoms with Crippen molar-refractivity contribution >= 4 is 5.82 Å². The monoisotopic (exact) mass is 276 g/mol. The van der Waals surface area contributed by atoms with Crippen molar-refractivity contribution in [3.8, 4) is 0 Å². The number of piperidine rings is 1. The lowest BCUT2D eigenvalue weighted by molar-refractivity contribution is 0.322. The Balaban J connectivity index is 2.36. The minimum Gasteiger partial charge on any atom is -0.355 e. The van der Waals surface area contributed by atoms with E-state index in [4.69, 9.17) is 5.73 Å². The SMILES string of the molecule is CCc1nnc(N2CCC(C)C(C)C2)c(CN)c1CC. The normalized spacial score (nSPS) is 23.1. The van der Waals surface area contributed by atoms with E-state index in [1.165, 1.54) is 17.5 Å². The van der Waals surface area contributed by atoms with Gasteiger partial charge in [0.15, 0.2) is 5.82 Å². The van der Waals surface area contributed by atoms with Gasteiger partial charge < -0.3 is 10.6 Å². The first-order chi connectivity index (χ1) is 9.62. The summed E-state index contributed by atoms with van der Waals surface area (Å²) in [5, 5.41) is 8.96. The van der Waals surface area contributed by atoms with Gasteiger partial charge >= 0.3 is 0 Å². The molecular formula is C16H28N4. The Morgan fingerprint density at radius 3 is 2.40 bits per heavy atom. The first-order valence-corrected chi connectivity index (χ1v) is 7.94. The summed E-state index contributed by atoms with van der Waals surface area (Å²) in [5.41, 5.74) is 9.65. The Bertz CT molecular complexity index is 458. The molecule has 2 unspecified atom stereocenters. The van der Waals surface area contributed by atoms with Crippen LogP contribution in [0.4, 0.5) is 5.82 Å². The van der Waals surface area contributed by atoms with Gasteiger partial charge in [0.05, 0.1) is 5.69 Å². The third kappa shape index (κ3) is 2.80. The van der Waals surface area contributed by atoms with Gasteiger partial charge in [-0.3, -0.25) is 0 Å². The second-order valence-corrected chi connectivity index (χ2v) is 6.03. The molecule has 2 heterocycles. The summed E-state index contributed by atoms with van der Waals surface area (Å²) < 4.78 is 0. The molecule has 2 atom stereocenters. The highest BCUT2D eigenvalue weighted by atomic mass is 15.3. The largest absolute Gasteiger partial charge is 0.355 e. The van der Waals surface area contributed by atoms with Gasteiger partial charge in [-0.1, -0.05) is 27.7 Å². The highest BCUT2D eigenvalue weighted by Gasteiger charge is 2.26. The van der Waals surface area contributed by atoms with Crippen molar-refractivity contribution in [1.29, 1.82) is 0 Å². The van der Waals surface area contributed by atoms with E-state index in [2.05, 4.69) is 42.8 Å². The lowest BCUT2D eigenvalue weighted by Gasteiger charge is -2.37. The molecule has 0 saturated carbocycles. The lowest BCUT2D eigenvalue weighted by atomic mass is 9.88. The second kappa shape index (κ2) is 6.53. The maximum absolute atomic E-state index is 6.02. The van der Waals surface area contributed by atoms with E-state index in [1.54, 1.807) is 0 Å². The fraction of sp³-hybridized carbons (Fsp3) is 0.750. The highest BCUT2D eigenvalue weighted by molar-refractivity contribution is 5.51. The van der Waals surface area contributed by atoms with Crippen molar-refractivity contribution in [2.24, 2.45) is 17.6 Å². The lowest BCUT2D eigenvalue weighted by Crippen LogP contribution is -2.40. The van der Waals surface area contributed by atoms with E-state index in [0.717, 1.165) is 43.4 Å². The topological polar surface area (TPSA) is 55.0 Å². The smallest absolute Gasteiger partial charge is 0.156 e. The molecule has 2 N–H and O–H groups in total. The average molecular weight is 276 g/mol. The zero-order chi connectivity index (χ0) is 14.7. The Labute approximate surface area is 122 Å². The minimum atomic E-state index is 0.557. The summed E-state index contributed by atoms with van der Waals surface area (Å²) in [7, 11) is 0. The quantitative estimate of drug-likeness (QED) is 0.918. The molecule has 4 heteroatoms. The van der Waals surface area contributed by atoms with E-state index in [0.29, 0.717) is 12.5 Å². The van der Waals surface area contributed by atoms with Gasteiger partial charge in [-0.15, -0.1) is 5.10 Å². The maximum Gasteiger partial charge on any atom is 0.156 e. The summed E-state index contributed by atoms with van der Waals surface area (Å²) in [6, 6.07) is 0. The van der Waals surface area contributed by atoms with Crippen LogP contribution >= 0.6 is 0 Å². The van der Waals surface area contributed by atoms with E-state index >= 15 is 0 Å².